The minimum atomic E-state index is -5.52. The van der Waals surface area contributed by atoms with Crippen LogP contribution in [0.3, 0.4) is 0 Å². The predicted molar refractivity (Wildman–Crippen MR) is 111 cm³/mol. The maximum Gasteiger partial charge on any atom is 0.501 e. The van der Waals surface area contributed by atoms with Gasteiger partial charge in [-0.3, -0.25) is 9.55 Å². The molecule has 0 aliphatic carbocycles. The van der Waals surface area contributed by atoms with E-state index in [1.54, 1.807) is 12.3 Å². The van der Waals surface area contributed by atoms with E-state index in [1.165, 1.54) is 10.8 Å². The molecule has 0 fully saturated rings. The summed E-state index contributed by atoms with van der Waals surface area (Å²) in [4.78, 5) is 16.2. The summed E-state index contributed by atoms with van der Waals surface area (Å²) in [6, 6.07) is 11.0. The number of sulfone groups is 1. The molecule has 32 heavy (non-hydrogen) atoms. The van der Waals surface area contributed by atoms with Crippen LogP contribution in [0.5, 0.6) is 5.88 Å². The lowest BCUT2D eigenvalue weighted by Crippen LogP contribution is -2.24. The second-order valence-corrected chi connectivity index (χ2v) is 9.11. The van der Waals surface area contributed by atoms with Gasteiger partial charge in [-0.25, -0.2) is 17.8 Å². The van der Waals surface area contributed by atoms with Crippen molar-refractivity contribution in [3.05, 3.63) is 82.5 Å². The van der Waals surface area contributed by atoms with Crippen molar-refractivity contribution in [2.24, 2.45) is 0 Å². The van der Waals surface area contributed by atoms with Crippen LogP contribution in [-0.2, 0) is 16.4 Å². The van der Waals surface area contributed by atoms with E-state index in [9.17, 15) is 31.5 Å². The average molecular weight is 463 g/mol. The van der Waals surface area contributed by atoms with Crippen LogP contribution in [0.4, 0.5) is 13.2 Å². The fourth-order valence-corrected chi connectivity index (χ4v) is 4.14. The Morgan fingerprint density at radius 1 is 1.06 bits per heavy atom. The molecule has 2 aromatic carbocycles. The van der Waals surface area contributed by atoms with Crippen molar-refractivity contribution in [3.63, 3.8) is 0 Å². The first-order chi connectivity index (χ1) is 15.0. The van der Waals surface area contributed by atoms with E-state index >= 15 is 0 Å². The number of fused-ring (bicyclic) bond motifs is 1. The van der Waals surface area contributed by atoms with Crippen LogP contribution >= 0.6 is 0 Å². The van der Waals surface area contributed by atoms with Crippen LogP contribution < -0.4 is 5.69 Å². The van der Waals surface area contributed by atoms with Gasteiger partial charge in [0.05, 0.1) is 28.8 Å². The molecule has 2 heterocycles. The summed E-state index contributed by atoms with van der Waals surface area (Å²) in [7, 11) is -5.52. The van der Waals surface area contributed by atoms with Crippen LogP contribution in [0.2, 0.25) is 0 Å². The van der Waals surface area contributed by atoms with Crippen molar-refractivity contribution in [2.45, 2.75) is 23.9 Å². The minimum Gasteiger partial charge on any atom is -0.493 e. The number of halogens is 3. The molecule has 0 amide bonds. The minimum absolute atomic E-state index is 0.0165. The summed E-state index contributed by atoms with van der Waals surface area (Å²) < 4.78 is 63.3. The number of alkyl halides is 3. The van der Waals surface area contributed by atoms with E-state index in [0.717, 1.165) is 50.9 Å². The second kappa shape index (κ2) is 7.52. The van der Waals surface area contributed by atoms with Gasteiger partial charge in [-0.1, -0.05) is 11.6 Å². The van der Waals surface area contributed by atoms with Gasteiger partial charge in [0, 0.05) is 11.6 Å². The highest BCUT2D eigenvalue weighted by molar-refractivity contribution is 7.92. The zero-order valence-corrected chi connectivity index (χ0v) is 17.4. The van der Waals surface area contributed by atoms with Crippen LogP contribution in [0.25, 0.3) is 16.6 Å². The lowest BCUT2D eigenvalue weighted by Gasteiger charge is -2.09. The number of rotatable bonds is 4. The van der Waals surface area contributed by atoms with E-state index in [2.05, 4.69) is 4.98 Å². The van der Waals surface area contributed by atoms with Crippen LogP contribution in [0.15, 0.2) is 70.6 Å². The Morgan fingerprint density at radius 2 is 1.75 bits per heavy atom. The number of hydrogen-bond donors (Lipinski definition) is 1. The summed E-state index contributed by atoms with van der Waals surface area (Å²) in [5, 5.41) is 11.1. The zero-order valence-electron chi connectivity index (χ0n) is 16.5. The summed E-state index contributed by atoms with van der Waals surface area (Å²) in [5.74, 6) is -0.448. The molecule has 0 unspecified atom stereocenters. The quantitative estimate of drug-likeness (QED) is 0.500. The smallest absolute Gasteiger partial charge is 0.493 e. The Bertz CT molecular complexity index is 1490. The summed E-state index contributed by atoms with van der Waals surface area (Å²) in [6.07, 6.45) is 2.81. The first-order valence-electron chi connectivity index (χ1n) is 9.26. The largest absolute Gasteiger partial charge is 0.501 e. The fraction of sp³-hybridized carbons (Fsp3) is 0.143. The number of nitrogens with zero attached hydrogens (tertiary/aromatic N) is 3. The van der Waals surface area contributed by atoms with Gasteiger partial charge in [0.15, 0.2) is 0 Å². The molecule has 0 saturated carbocycles. The molecule has 11 heteroatoms. The first-order valence-corrected chi connectivity index (χ1v) is 10.7. The highest BCUT2D eigenvalue weighted by atomic mass is 32.2. The van der Waals surface area contributed by atoms with Crippen molar-refractivity contribution in [2.75, 3.05) is 0 Å². The Labute approximate surface area is 179 Å². The molecule has 2 aromatic heterocycles. The van der Waals surface area contributed by atoms with Gasteiger partial charge >= 0.3 is 11.2 Å². The van der Waals surface area contributed by atoms with Crippen molar-refractivity contribution in [3.8, 4) is 11.6 Å². The lowest BCUT2D eigenvalue weighted by molar-refractivity contribution is -0.0436. The topological polar surface area (TPSA) is 94.2 Å². The molecule has 0 spiro atoms. The predicted octanol–water partition coefficient (Wildman–Crippen LogP) is 3.54. The Hall–Kier alpha value is -3.60. The highest BCUT2D eigenvalue weighted by Gasteiger charge is 2.46. The molecular formula is C21H16F3N3O4S. The van der Waals surface area contributed by atoms with E-state index in [-0.39, 0.29) is 12.2 Å². The number of imidazole rings is 1. The van der Waals surface area contributed by atoms with Crippen molar-refractivity contribution in [1.82, 2.24) is 14.1 Å². The Morgan fingerprint density at radius 3 is 2.41 bits per heavy atom. The number of benzene rings is 2. The summed E-state index contributed by atoms with van der Waals surface area (Å²) in [5.41, 5.74) is -3.54. The molecule has 4 rings (SSSR count). The number of aromatic nitrogens is 3. The van der Waals surface area contributed by atoms with Gasteiger partial charge < -0.3 is 5.11 Å². The van der Waals surface area contributed by atoms with Crippen molar-refractivity contribution >= 4 is 20.7 Å². The van der Waals surface area contributed by atoms with Crippen molar-refractivity contribution < 1.29 is 26.7 Å². The average Bonchev–Trinajstić information content (AvgIpc) is 3.00. The number of hydrogen-bond acceptors (Lipinski definition) is 5. The highest BCUT2D eigenvalue weighted by Crippen LogP contribution is 2.30. The molecule has 0 bridgehead atoms. The number of pyridine rings is 1. The van der Waals surface area contributed by atoms with Crippen LogP contribution in [-0.4, -0.2) is 33.2 Å². The van der Waals surface area contributed by atoms with Gasteiger partial charge in [0.1, 0.15) is 0 Å². The Balaban J connectivity index is 1.72. The van der Waals surface area contributed by atoms with Gasteiger partial charge in [-0.2, -0.15) is 13.2 Å². The van der Waals surface area contributed by atoms with Crippen LogP contribution in [0.1, 0.15) is 11.1 Å². The third kappa shape index (κ3) is 3.64. The third-order valence-corrected chi connectivity index (χ3v) is 6.48. The summed E-state index contributed by atoms with van der Waals surface area (Å²) in [6.45, 7) is 2.04. The van der Waals surface area contributed by atoms with Gasteiger partial charge in [-0.05, 0) is 55.0 Å². The molecule has 1 N–H and O–H groups in total. The fourth-order valence-electron chi connectivity index (χ4n) is 3.38. The maximum absolute atomic E-state index is 12.9. The third-order valence-electron chi connectivity index (χ3n) is 4.98. The second-order valence-electron chi connectivity index (χ2n) is 7.17. The van der Waals surface area contributed by atoms with Crippen LogP contribution in [0, 0.1) is 6.92 Å². The molecule has 166 valence electrons. The maximum atomic E-state index is 12.9. The summed E-state index contributed by atoms with van der Waals surface area (Å²) >= 11 is 0. The monoisotopic (exact) mass is 463 g/mol. The molecule has 0 radical (unpaired) electrons. The van der Waals surface area contributed by atoms with E-state index in [4.69, 9.17) is 0 Å². The molecule has 0 aliphatic heterocycles. The van der Waals surface area contributed by atoms with E-state index in [1.807, 2.05) is 25.1 Å². The molecule has 0 aliphatic rings. The van der Waals surface area contributed by atoms with Gasteiger partial charge in [0.2, 0.25) is 5.88 Å². The Kier molecular flexibility index (Phi) is 5.08. The normalized spacial score (nSPS) is 12.4. The van der Waals surface area contributed by atoms with E-state index < -0.39 is 31.8 Å². The van der Waals surface area contributed by atoms with Crippen molar-refractivity contribution in [1.29, 1.82) is 0 Å². The standard InChI is InChI=1S/C21H16F3N3O4S/c1-13-2-7-18-17(10-13)14(8-9-25-18)11-26-12-19(28)27(20(26)29)15-3-5-16(6-4-15)32(30,31)21(22,23)24/h2-10,12,28H,11H2,1H3. The SMILES string of the molecule is Cc1ccc2nccc(Cn3cc(O)n(-c4ccc(S(=O)(=O)C(F)(F)F)cc4)c3=O)c2c1. The zero-order chi connectivity index (χ0) is 23.3. The molecule has 0 atom stereocenters. The molecule has 7 nitrogen and oxygen atoms in total. The number of aromatic hydroxyl groups is 1. The molecule has 4 aromatic rings. The lowest BCUT2D eigenvalue weighted by atomic mass is 10.1. The van der Waals surface area contributed by atoms with Gasteiger partial charge in [0.25, 0.3) is 9.84 Å². The molecule has 0 saturated heterocycles. The molecular weight excluding hydrogens is 447 g/mol. The van der Waals surface area contributed by atoms with E-state index in [0.29, 0.717) is 0 Å². The van der Waals surface area contributed by atoms with Gasteiger partial charge in [-0.15, -0.1) is 0 Å². The first kappa shape index (κ1) is 21.6. The number of aryl methyl sites for hydroxylation is 1.